The smallest absolute Gasteiger partial charge is 0.157 e. The topological polar surface area (TPSA) is 63.4 Å². The molecule has 2 aliphatic heterocycles. The lowest BCUT2D eigenvalue weighted by Crippen LogP contribution is -2.52. The molecule has 3 atom stereocenters. The molecular weight excluding hydrogens is 236 g/mol. The first-order valence-corrected chi connectivity index (χ1v) is 7.60. The zero-order valence-electron chi connectivity index (χ0n) is 9.49. The predicted octanol–water partition coefficient (Wildman–Crippen LogP) is 0.390. The van der Waals surface area contributed by atoms with Crippen molar-refractivity contribution < 1.29 is 8.42 Å². The lowest BCUT2D eigenvalue weighted by molar-refractivity contribution is 0.556. The fourth-order valence-corrected chi connectivity index (χ4v) is 5.50. The van der Waals surface area contributed by atoms with Gasteiger partial charge in [0, 0.05) is 18.3 Å². The Morgan fingerprint density at radius 1 is 1.29 bits per heavy atom. The van der Waals surface area contributed by atoms with Crippen LogP contribution < -0.4 is 10.6 Å². The van der Waals surface area contributed by atoms with Gasteiger partial charge in [-0.3, -0.25) is 0 Å². The predicted molar refractivity (Wildman–Crippen MR) is 67.7 cm³/mol. The molecule has 5 heteroatoms. The standard InChI is InChI=1S/C12H16N2O2S/c13-7-11-12-6-10(8-17(12,15)16)14(11)9-4-2-1-3-5-9/h1-5,10-12H,6-8,13H2. The van der Waals surface area contributed by atoms with Gasteiger partial charge in [0.05, 0.1) is 17.0 Å². The minimum absolute atomic E-state index is 0.0545. The molecule has 2 N–H and O–H groups in total. The number of sulfone groups is 1. The van der Waals surface area contributed by atoms with Gasteiger partial charge < -0.3 is 10.6 Å². The van der Waals surface area contributed by atoms with E-state index in [2.05, 4.69) is 4.90 Å². The van der Waals surface area contributed by atoms with Crippen molar-refractivity contribution in [3.63, 3.8) is 0 Å². The maximum absolute atomic E-state index is 11.9. The van der Waals surface area contributed by atoms with Gasteiger partial charge in [-0.05, 0) is 18.6 Å². The summed E-state index contributed by atoms with van der Waals surface area (Å²) in [7, 11) is -2.91. The highest BCUT2D eigenvalue weighted by molar-refractivity contribution is 7.92. The van der Waals surface area contributed by atoms with E-state index in [4.69, 9.17) is 5.73 Å². The summed E-state index contributed by atoms with van der Waals surface area (Å²) in [5.74, 6) is 0.281. The molecule has 2 saturated heterocycles. The number of hydrogen-bond donors (Lipinski definition) is 1. The fraction of sp³-hybridized carbons (Fsp3) is 0.500. The molecule has 2 heterocycles. The first-order chi connectivity index (χ1) is 8.13. The molecule has 2 aliphatic rings. The molecule has 17 heavy (non-hydrogen) atoms. The van der Waals surface area contributed by atoms with Crippen LogP contribution in [-0.4, -0.2) is 38.0 Å². The third kappa shape index (κ3) is 1.57. The Morgan fingerprint density at radius 3 is 2.65 bits per heavy atom. The van der Waals surface area contributed by atoms with Crippen LogP contribution in [0, 0.1) is 0 Å². The molecule has 2 fully saturated rings. The van der Waals surface area contributed by atoms with Gasteiger partial charge in [0.25, 0.3) is 0 Å². The van der Waals surface area contributed by atoms with E-state index < -0.39 is 9.84 Å². The molecule has 3 rings (SSSR count). The van der Waals surface area contributed by atoms with E-state index in [0.29, 0.717) is 6.54 Å². The Morgan fingerprint density at radius 2 is 2.00 bits per heavy atom. The molecule has 0 saturated carbocycles. The van der Waals surface area contributed by atoms with Crippen molar-refractivity contribution in [3.8, 4) is 0 Å². The summed E-state index contributed by atoms with van der Waals surface area (Å²) in [6.07, 6.45) is 0.735. The summed E-state index contributed by atoms with van der Waals surface area (Å²) in [5, 5.41) is -0.266. The number of anilines is 1. The van der Waals surface area contributed by atoms with Crippen molar-refractivity contribution in [1.29, 1.82) is 0 Å². The van der Waals surface area contributed by atoms with Crippen LogP contribution in [0.2, 0.25) is 0 Å². The Kier molecular flexibility index (Phi) is 2.41. The zero-order valence-corrected chi connectivity index (χ0v) is 10.3. The van der Waals surface area contributed by atoms with Crippen LogP contribution in [0.5, 0.6) is 0 Å². The molecule has 0 radical (unpaired) electrons. The lowest BCUT2D eigenvalue weighted by atomic mass is 10.2. The molecule has 92 valence electrons. The van der Waals surface area contributed by atoms with Crippen LogP contribution in [-0.2, 0) is 9.84 Å². The van der Waals surface area contributed by atoms with E-state index in [1.165, 1.54) is 0 Å². The first kappa shape index (κ1) is 11.0. The van der Waals surface area contributed by atoms with Crippen molar-refractivity contribution in [2.45, 2.75) is 23.8 Å². The largest absolute Gasteiger partial charge is 0.362 e. The van der Waals surface area contributed by atoms with Crippen molar-refractivity contribution in [2.24, 2.45) is 5.73 Å². The minimum Gasteiger partial charge on any atom is -0.362 e. The molecule has 0 spiro atoms. The van der Waals surface area contributed by atoms with E-state index in [-0.39, 0.29) is 23.1 Å². The highest BCUT2D eigenvalue weighted by Gasteiger charge is 2.54. The van der Waals surface area contributed by atoms with E-state index in [0.717, 1.165) is 12.1 Å². The monoisotopic (exact) mass is 252 g/mol. The third-order valence-electron chi connectivity index (χ3n) is 3.87. The summed E-state index contributed by atoms with van der Waals surface area (Å²) in [4.78, 5) is 2.20. The van der Waals surface area contributed by atoms with Crippen molar-refractivity contribution in [2.75, 3.05) is 17.2 Å². The lowest BCUT2D eigenvalue weighted by Gasteiger charge is -2.36. The van der Waals surface area contributed by atoms with Gasteiger partial charge >= 0.3 is 0 Å². The van der Waals surface area contributed by atoms with E-state index in [1.807, 2.05) is 30.3 Å². The van der Waals surface area contributed by atoms with Gasteiger partial charge in [-0.15, -0.1) is 0 Å². The molecule has 0 aliphatic carbocycles. The van der Waals surface area contributed by atoms with E-state index in [1.54, 1.807) is 0 Å². The Hall–Kier alpha value is -1.07. The molecular formula is C12H16N2O2S. The maximum Gasteiger partial charge on any atom is 0.157 e. The normalized spacial score (nSPS) is 34.2. The summed E-state index contributed by atoms with van der Waals surface area (Å²) < 4.78 is 23.8. The van der Waals surface area contributed by atoms with Gasteiger partial charge in [-0.1, -0.05) is 18.2 Å². The minimum atomic E-state index is -2.91. The van der Waals surface area contributed by atoms with Crippen molar-refractivity contribution in [3.05, 3.63) is 30.3 Å². The SMILES string of the molecule is NCC1C2CC(CS2(=O)=O)N1c1ccccc1. The third-order valence-corrected chi connectivity index (χ3v) is 6.14. The molecule has 2 bridgehead atoms. The first-order valence-electron chi connectivity index (χ1n) is 5.88. The van der Waals surface area contributed by atoms with Gasteiger partial charge in [-0.25, -0.2) is 8.42 Å². The second-order valence-corrected chi connectivity index (χ2v) is 7.07. The average molecular weight is 252 g/mol. The molecule has 3 unspecified atom stereocenters. The number of fused-ring (bicyclic) bond motifs is 2. The van der Waals surface area contributed by atoms with Crippen molar-refractivity contribution >= 4 is 15.5 Å². The summed E-state index contributed by atoms with van der Waals surface area (Å²) in [6, 6.07) is 10.0. The van der Waals surface area contributed by atoms with Gasteiger partial charge in [0.15, 0.2) is 9.84 Å². The van der Waals surface area contributed by atoms with Crippen LogP contribution >= 0.6 is 0 Å². The van der Waals surface area contributed by atoms with Gasteiger partial charge in [0.1, 0.15) is 0 Å². The average Bonchev–Trinajstić information content (AvgIpc) is 2.82. The van der Waals surface area contributed by atoms with Crippen molar-refractivity contribution in [1.82, 2.24) is 0 Å². The number of benzene rings is 1. The number of hydrogen-bond acceptors (Lipinski definition) is 4. The van der Waals surface area contributed by atoms with Crippen LogP contribution in [0.1, 0.15) is 6.42 Å². The van der Waals surface area contributed by atoms with Crippen LogP contribution in [0.25, 0.3) is 0 Å². The Labute approximate surface area is 101 Å². The number of rotatable bonds is 2. The highest BCUT2D eigenvalue weighted by atomic mass is 32.2. The molecule has 0 amide bonds. The van der Waals surface area contributed by atoms with Gasteiger partial charge in [-0.2, -0.15) is 0 Å². The Bertz CT molecular complexity index is 515. The summed E-state index contributed by atoms with van der Waals surface area (Å²) in [5.41, 5.74) is 6.85. The van der Waals surface area contributed by atoms with Crippen LogP contribution in [0.3, 0.4) is 0 Å². The summed E-state index contributed by atoms with van der Waals surface area (Å²) in [6.45, 7) is 0.398. The second kappa shape index (κ2) is 3.71. The molecule has 1 aromatic carbocycles. The zero-order chi connectivity index (χ0) is 12.0. The number of para-hydroxylation sites is 1. The number of nitrogens with zero attached hydrogens (tertiary/aromatic N) is 1. The fourth-order valence-electron chi connectivity index (χ4n) is 3.18. The maximum atomic E-state index is 11.9. The van der Waals surface area contributed by atoms with Crippen LogP contribution in [0.4, 0.5) is 5.69 Å². The molecule has 1 aromatic rings. The molecule has 4 nitrogen and oxygen atoms in total. The molecule has 0 aromatic heterocycles. The van der Waals surface area contributed by atoms with Crippen LogP contribution in [0.15, 0.2) is 30.3 Å². The van der Waals surface area contributed by atoms with E-state index >= 15 is 0 Å². The van der Waals surface area contributed by atoms with Gasteiger partial charge in [0.2, 0.25) is 0 Å². The van der Waals surface area contributed by atoms with E-state index in [9.17, 15) is 8.42 Å². The highest BCUT2D eigenvalue weighted by Crippen LogP contribution is 2.40. The Balaban J connectivity index is 1.99. The summed E-state index contributed by atoms with van der Waals surface area (Å²) >= 11 is 0. The number of nitrogens with two attached hydrogens (primary N) is 1. The second-order valence-electron chi connectivity index (χ2n) is 4.80. The quantitative estimate of drug-likeness (QED) is 0.827.